The molecule has 6 nitrogen and oxygen atoms in total. The Labute approximate surface area is 195 Å². The molecule has 2 N–H and O–H groups in total. The van der Waals surface area contributed by atoms with Crippen molar-refractivity contribution >= 4 is 49.7 Å². The second-order valence-corrected chi connectivity index (χ2v) is 9.98. The minimum atomic E-state index is -3.76. The van der Waals surface area contributed by atoms with Gasteiger partial charge >= 0.3 is 0 Å². The highest BCUT2D eigenvalue weighted by Gasteiger charge is 2.16. The van der Waals surface area contributed by atoms with Gasteiger partial charge in [-0.25, -0.2) is 13.4 Å². The quantitative estimate of drug-likeness (QED) is 0.361. The summed E-state index contributed by atoms with van der Waals surface area (Å²) >= 11 is 7.21. The first-order valence-corrected chi connectivity index (χ1v) is 12.3. The molecule has 1 aromatic heterocycles. The number of nitrogens with zero attached hydrogens (tertiary/aromatic N) is 1. The number of halogens is 1. The predicted octanol–water partition coefficient (Wildman–Crippen LogP) is 5.83. The molecule has 4 rings (SSSR count). The summed E-state index contributed by atoms with van der Waals surface area (Å²) in [5, 5.41) is 5.66. The number of nitrogens with one attached hydrogen (secondary N) is 2. The molecule has 0 aliphatic heterocycles. The third kappa shape index (κ3) is 5.16. The van der Waals surface area contributed by atoms with Crippen LogP contribution < -0.4 is 10.0 Å². The van der Waals surface area contributed by atoms with Gasteiger partial charge in [0, 0.05) is 27.2 Å². The van der Waals surface area contributed by atoms with Crippen LogP contribution >= 0.6 is 22.9 Å². The molecule has 0 fully saturated rings. The fraction of sp³-hybridized carbons (Fsp3) is 0.0435. The number of sulfonamides is 1. The van der Waals surface area contributed by atoms with Crippen LogP contribution in [-0.2, 0) is 10.0 Å². The van der Waals surface area contributed by atoms with Gasteiger partial charge in [0.25, 0.3) is 15.9 Å². The molecule has 162 valence electrons. The maximum absolute atomic E-state index is 12.7. The first-order chi connectivity index (χ1) is 15.3. The molecule has 1 amide bonds. The Hall–Kier alpha value is -3.20. The average molecular weight is 484 g/mol. The number of hydrogen-bond donors (Lipinski definition) is 2. The summed E-state index contributed by atoms with van der Waals surface area (Å²) in [5.74, 6) is -0.390. The highest BCUT2D eigenvalue weighted by atomic mass is 35.5. The smallest absolute Gasteiger partial charge is 0.261 e. The maximum Gasteiger partial charge on any atom is 0.261 e. The van der Waals surface area contributed by atoms with Crippen LogP contribution in [0.5, 0.6) is 0 Å². The lowest BCUT2D eigenvalue weighted by atomic mass is 10.2. The van der Waals surface area contributed by atoms with E-state index >= 15 is 0 Å². The van der Waals surface area contributed by atoms with Crippen LogP contribution in [0.15, 0.2) is 83.1 Å². The topological polar surface area (TPSA) is 88.2 Å². The molecule has 0 unspecified atom stereocenters. The predicted molar refractivity (Wildman–Crippen MR) is 129 cm³/mol. The molecule has 0 bridgehead atoms. The molecule has 0 spiro atoms. The van der Waals surface area contributed by atoms with E-state index in [-0.39, 0.29) is 4.90 Å². The van der Waals surface area contributed by atoms with Crippen LogP contribution in [0.4, 0.5) is 10.8 Å². The van der Waals surface area contributed by atoms with Crippen molar-refractivity contribution in [1.82, 2.24) is 4.98 Å². The summed E-state index contributed by atoms with van der Waals surface area (Å²) < 4.78 is 27.7. The summed E-state index contributed by atoms with van der Waals surface area (Å²) in [4.78, 5) is 17.3. The highest BCUT2D eigenvalue weighted by Crippen LogP contribution is 2.26. The maximum atomic E-state index is 12.7. The SMILES string of the molecule is Cc1ccc(S(=O)(=O)Nc2cccc(C(=O)Nc3nc(-c4ccc(Cl)cc4)cs3)c2)cc1. The van der Waals surface area contributed by atoms with E-state index in [0.717, 1.165) is 16.8 Å². The van der Waals surface area contributed by atoms with Gasteiger partial charge in [-0.05, 0) is 49.4 Å². The fourth-order valence-corrected chi connectivity index (χ4v) is 4.80. The van der Waals surface area contributed by atoms with Gasteiger partial charge in [0.05, 0.1) is 10.6 Å². The van der Waals surface area contributed by atoms with Crippen molar-refractivity contribution in [1.29, 1.82) is 0 Å². The number of anilines is 2. The van der Waals surface area contributed by atoms with Crippen LogP contribution in [0.1, 0.15) is 15.9 Å². The van der Waals surface area contributed by atoms with E-state index in [1.807, 2.05) is 24.4 Å². The zero-order chi connectivity index (χ0) is 22.7. The van der Waals surface area contributed by atoms with Crippen molar-refractivity contribution in [2.45, 2.75) is 11.8 Å². The van der Waals surface area contributed by atoms with Gasteiger partial charge in [0.15, 0.2) is 5.13 Å². The van der Waals surface area contributed by atoms with Crippen molar-refractivity contribution in [2.24, 2.45) is 0 Å². The molecule has 0 saturated carbocycles. The molecular formula is C23H18ClN3O3S2. The minimum absolute atomic E-state index is 0.149. The largest absolute Gasteiger partial charge is 0.298 e. The second kappa shape index (κ2) is 9.12. The monoisotopic (exact) mass is 483 g/mol. The first-order valence-electron chi connectivity index (χ1n) is 9.52. The zero-order valence-electron chi connectivity index (χ0n) is 16.9. The fourth-order valence-electron chi connectivity index (χ4n) is 2.91. The highest BCUT2D eigenvalue weighted by molar-refractivity contribution is 7.92. The van der Waals surface area contributed by atoms with E-state index in [4.69, 9.17) is 11.6 Å². The molecule has 4 aromatic rings. The van der Waals surface area contributed by atoms with Crippen molar-refractivity contribution in [3.63, 3.8) is 0 Å². The van der Waals surface area contributed by atoms with Crippen molar-refractivity contribution in [2.75, 3.05) is 10.0 Å². The Morgan fingerprint density at radius 1 is 1.00 bits per heavy atom. The summed E-state index contributed by atoms with van der Waals surface area (Å²) in [6, 6.07) is 20.1. The lowest BCUT2D eigenvalue weighted by Gasteiger charge is -2.10. The normalized spacial score (nSPS) is 11.2. The van der Waals surface area contributed by atoms with Crippen LogP contribution in [0, 0.1) is 6.92 Å². The molecule has 3 aromatic carbocycles. The number of carbonyl (C=O) groups excluding carboxylic acids is 1. The Bertz CT molecular complexity index is 1370. The zero-order valence-corrected chi connectivity index (χ0v) is 19.3. The minimum Gasteiger partial charge on any atom is -0.298 e. The van der Waals surface area contributed by atoms with Crippen molar-refractivity contribution < 1.29 is 13.2 Å². The molecule has 9 heteroatoms. The average Bonchev–Trinajstić information content (AvgIpc) is 3.23. The third-order valence-corrected chi connectivity index (χ3v) is 6.98. The Balaban J connectivity index is 1.48. The van der Waals surface area contributed by atoms with E-state index in [1.54, 1.807) is 42.5 Å². The number of benzene rings is 3. The van der Waals surface area contributed by atoms with Gasteiger partial charge in [-0.3, -0.25) is 14.8 Å². The van der Waals surface area contributed by atoms with Gasteiger partial charge in [-0.1, -0.05) is 47.5 Å². The van der Waals surface area contributed by atoms with Gasteiger partial charge in [-0.2, -0.15) is 0 Å². The van der Waals surface area contributed by atoms with E-state index < -0.39 is 15.9 Å². The molecule has 0 aliphatic rings. The molecule has 0 radical (unpaired) electrons. The van der Waals surface area contributed by atoms with Crippen LogP contribution in [0.2, 0.25) is 5.02 Å². The molecular weight excluding hydrogens is 466 g/mol. The lowest BCUT2D eigenvalue weighted by molar-refractivity contribution is 0.102. The van der Waals surface area contributed by atoms with Crippen molar-refractivity contribution in [3.05, 3.63) is 94.3 Å². The summed E-state index contributed by atoms with van der Waals surface area (Å²) in [7, 11) is -3.76. The molecule has 32 heavy (non-hydrogen) atoms. The number of thiazole rings is 1. The molecule has 0 aliphatic carbocycles. The molecule has 1 heterocycles. The van der Waals surface area contributed by atoms with Gasteiger partial charge in [0.2, 0.25) is 0 Å². The van der Waals surface area contributed by atoms with Gasteiger partial charge < -0.3 is 0 Å². The number of aromatic nitrogens is 1. The number of amides is 1. The number of rotatable bonds is 6. The number of hydrogen-bond acceptors (Lipinski definition) is 5. The first kappa shape index (κ1) is 22.0. The lowest BCUT2D eigenvalue weighted by Crippen LogP contribution is -2.15. The summed E-state index contributed by atoms with van der Waals surface area (Å²) in [6.45, 7) is 1.88. The molecule has 0 atom stereocenters. The standard InChI is InChI=1S/C23H18ClN3O3S2/c1-15-5-11-20(12-6-15)32(29,30)27-19-4-2-3-17(13-19)22(28)26-23-25-21(14-31-23)16-7-9-18(24)10-8-16/h2-14,27H,1H3,(H,25,26,28). The van der Waals surface area contributed by atoms with Crippen LogP contribution in [0.25, 0.3) is 11.3 Å². The van der Waals surface area contributed by atoms with E-state index in [1.165, 1.54) is 29.5 Å². The molecule has 0 saturated heterocycles. The summed E-state index contributed by atoms with van der Waals surface area (Å²) in [6.07, 6.45) is 0. The van der Waals surface area contributed by atoms with Gasteiger partial charge in [0.1, 0.15) is 0 Å². The van der Waals surface area contributed by atoms with E-state index in [0.29, 0.717) is 21.4 Å². The van der Waals surface area contributed by atoms with Crippen LogP contribution in [0.3, 0.4) is 0 Å². The van der Waals surface area contributed by atoms with E-state index in [2.05, 4.69) is 15.0 Å². The Kier molecular flexibility index (Phi) is 6.27. The van der Waals surface area contributed by atoms with Gasteiger partial charge in [-0.15, -0.1) is 11.3 Å². The van der Waals surface area contributed by atoms with E-state index in [9.17, 15) is 13.2 Å². The Morgan fingerprint density at radius 3 is 2.44 bits per heavy atom. The Morgan fingerprint density at radius 2 is 1.72 bits per heavy atom. The number of carbonyl (C=O) groups is 1. The third-order valence-electron chi connectivity index (χ3n) is 4.57. The summed E-state index contributed by atoms with van der Waals surface area (Å²) in [5.41, 5.74) is 3.17. The van der Waals surface area contributed by atoms with Crippen LogP contribution in [-0.4, -0.2) is 19.3 Å². The second-order valence-electron chi connectivity index (χ2n) is 7.00. The number of aryl methyl sites for hydroxylation is 1. The van der Waals surface area contributed by atoms with Crippen molar-refractivity contribution in [3.8, 4) is 11.3 Å².